The second-order valence-corrected chi connectivity index (χ2v) is 4.62. The molecule has 0 aliphatic rings. The Morgan fingerprint density at radius 3 is 2.44 bits per heavy atom. The summed E-state index contributed by atoms with van der Waals surface area (Å²) < 4.78 is 37.8. The van der Waals surface area contributed by atoms with Gasteiger partial charge in [-0.2, -0.15) is 24.9 Å². The number of aromatic nitrogens is 2. The molecule has 0 bridgehead atoms. The van der Waals surface area contributed by atoms with Gasteiger partial charge in [0.1, 0.15) is 11.6 Å². The molecule has 0 amide bonds. The number of halogens is 3. The minimum atomic E-state index is -4.55. The number of hydrogen-bond donors (Lipinski definition) is 2. The van der Waals surface area contributed by atoms with Crippen molar-refractivity contribution in [3.63, 3.8) is 0 Å². The fourth-order valence-corrected chi connectivity index (χ4v) is 1.90. The first-order valence-electron chi connectivity index (χ1n) is 5.26. The quantitative estimate of drug-likeness (QED) is 0.868. The fraction of sp³-hybridized carbons (Fsp3) is 0.600. The van der Waals surface area contributed by atoms with Crippen molar-refractivity contribution in [1.82, 2.24) is 9.97 Å². The highest BCUT2D eigenvalue weighted by Crippen LogP contribution is 2.28. The third-order valence-electron chi connectivity index (χ3n) is 2.05. The van der Waals surface area contributed by atoms with Crippen molar-refractivity contribution < 1.29 is 13.2 Å². The standard InChI is InChI=1S/C10H15F3N4S/c1-6(5-18-3)15-8-4-7(14-2)16-9(17-8)10(11,12)13/h4,6H,5H2,1-3H3,(H2,14,15,16,17). The van der Waals surface area contributed by atoms with E-state index in [0.29, 0.717) is 0 Å². The van der Waals surface area contributed by atoms with Crippen molar-refractivity contribution in [2.24, 2.45) is 0 Å². The van der Waals surface area contributed by atoms with Crippen LogP contribution in [0.25, 0.3) is 0 Å². The smallest absolute Gasteiger partial charge is 0.373 e. The topological polar surface area (TPSA) is 49.8 Å². The van der Waals surface area contributed by atoms with Crippen molar-refractivity contribution >= 4 is 23.4 Å². The molecule has 0 spiro atoms. The summed E-state index contributed by atoms with van der Waals surface area (Å²) in [5, 5.41) is 5.51. The van der Waals surface area contributed by atoms with Crippen LogP contribution in [-0.4, -0.2) is 35.1 Å². The average Bonchev–Trinajstić information content (AvgIpc) is 2.27. The first kappa shape index (κ1) is 14.9. The monoisotopic (exact) mass is 280 g/mol. The first-order valence-corrected chi connectivity index (χ1v) is 6.65. The molecule has 1 aromatic heterocycles. The summed E-state index contributed by atoms with van der Waals surface area (Å²) in [7, 11) is 1.51. The van der Waals surface area contributed by atoms with Crippen LogP contribution in [0.3, 0.4) is 0 Å². The van der Waals surface area contributed by atoms with Crippen LogP contribution in [0.1, 0.15) is 12.7 Å². The number of hydrogen-bond acceptors (Lipinski definition) is 5. The van der Waals surface area contributed by atoms with E-state index < -0.39 is 12.0 Å². The van der Waals surface area contributed by atoms with Gasteiger partial charge in [-0.3, -0.25) is 0 Å². The predicted octanol–water partition coefficient (Wildman–Crippen LogP) is 2.70. The summed E-state index contributed by atoms with van der Waals surface area (Å²) in [5.41, 5.74) is 0. The maximum atomic E-state index is 12.6. The highest BCUT2D eigenvalue weighted by atomic mass is 32.2. The van der Waals surface area contributed by atoms with E-state index in [-0.39, 0.29) is 17.7 Å². The van der Waals surface area contributed by atoms with Crippen LogP contribution in [0.5, 0.6) is 0 Å². The summed E-state index contributed by atoms with van der Waals surface area (Å²) in [6, 6.07) is 1.48. The van der Waals surface area contributed by atoms with Crippen molar-refractivity contribution in [3.8, 4) is 0 Å². The molecule has 4 nitrogen and oxygen atoms in total. The molecule has 1 rings (SSSR count). The highest BCUT2D eigenvalue weighted by molar-refractivity contribution is 7.98. The van der Waals surface area contributed by atoms with Crippen LogP contribution < -0.4 is 10.6 Å². The summed E-state index contributed by atoms with van der Waals surface area (Å²) in [5.74, 6) is -0.0622. The van der Waals surface area contributed by atoms with Gasteiger partial charge < -0.3 is 10.6 Å². The summed E-state index contributed by atoms with van der Waals surface area (Å²) in [4.78, 5) is 6.86. The summed E-state index contributed by atoms with van der Waals surface area (Å²) in [6.45, 7) is 1.88. The fourth-order valence-electron chi connectivity index (χ4n) is 1.32. The van der Waals surface area contributed by atoms with Crippen LogP contribution >= 0.6 is 11.8 Å². The third kappa shape index (κ3) is 4.25. The lowest BCUT2D eigenvalue weighted by Gasteiger charge is -2.15. The molecule has 8 heteroatoms. The Bertz CT molecular complexity index is 397. The van der Waals surface area contributed by atoms with E-state index in [1.165, 1.54) is 13.1 Å². The molecule has 0 radical (unpaired) electrons. The van der Waals surface area contributed by atoms with E-state index in [1.54, 1.807) is 11.8 Å². The van der Waals surface area contributed by atoms with Gasteiger partial charge in [0, 0.05) is 24.9 Å². The molecular weight excluding hydrogens is 265 g/mol. The second kappa shape index (κ2) is 6.12. The SMILES string of the molecule is CNc1cc(NC(C)CSC)nc(C(F)(F)F)n1. The van der Waals surface area contributed by atoms with Crippen LogP contribution in [-0.2, 0) is 6.18 Å². The van der Waals surface area contributed by atoms with Crippen LogP contribution in [0.15, 0.2) is 6.07 Å². The average molecular weight is 280 g/mol. The van der Waals surface area contributed by atoms with Crippen LogP contribution in [0, 0.1) is 0 Å². The lowest BCUT2D eigenvalue weighted by Crippen LogP contribution is -2.21. The molecule has 0 saturated carbocycles. The van der Waals surface area contributed by atoms with E-state index in [4.69, 9.17) is 0 Å². The van der Waals surface area contributed by atoms with Crippen LogP contribution in [0.4, 0.5) is 24.8 Å². The maximum absolute atomic E-state index is 12.6. The van der Waals surface area contributed by atoms with Gasteiger partial charge in [-0.25, -0.2) is 9.97 Å². The Balaban J connectivity index is 2.97. The lowest BCUT2D eigenvalue weighted by molar-refractivity contribution is -0.144. The molecular formula is C10H15F3N4S. The third-order valence-corrected chi connectivity index (χ3v) is 2.88. The molecule has 0 aromatic carbocycles. The molecule has 1 atom stereocenters. The van der Waals surface area contributed by atoms with E-state index in [9.17, 15) is 13.2 Å². The number of rotatable bonds is 5. The molecule has 1 heterocycles. The molecule has 18 heavy (non-hydrogen) atoms. The van der Waals surface area contributed by atoms with Crippen LogP contribution in [0.2, 0.25) is 0 Å². The lowest BCUT2D eigenvalue weighted by atomic mass is 10.3. The normalized spacial score (nSPS) is 13.2. The zero-order valence-corrected chi connectivity index (χ0v) is 11.1. The highest BCUT2D eigenvalue weighted by Gasteiger charge is 2.35. The zero-order valence-electron chi connectivity index (χ0n) is 10.3. The van der Waals surface area contributed by atoms with Gasteiger partial charge in [0.15, 0.2) is 0 Å². The molecule has 0 aliphatic carbocycles. The first-order chi connectivity index (χ1) is 8.36. The number of alkyl halides is 3. The minimum absolute atomic E-state index is 0.0284. The number of thioether (sulfide) groups is 1. The molecule has 2 N–H and O–H groups in total. The Kier molecular flexibility index (Phi) is 5.06. The van der Waals surface area contributed by atoms with E-state index in [1.807, 2.05) is 13.2 Å². The second-order valence-electron chi connectivity index (χ2n) is 3.71. The number of nitrogens with zero attached hydrogens (tertiary/aromatic N) is 2. The molecule has 1 unspecified atom stereocenters. The Labute approximate surface area is 108 Å². The summed E-state index contributed by atoms with van der Waals surface area (Å²) in [6.07, 6.45) is -2.62. The van der Waals surface area contributed by atoms with Gasteiger partial charge in [-0.15, -0.1) is 0 Å². The van der Waals surface area contributed by atoms with E-state index in [2.05, 4.69) is 20.6 Å². The van der Waals surface area contributed by atoms with Crippen molar-refractivity contribution in [2.45, 2.75) is 19.1 Å². The maximum Gasteiger partial charge on any atom is 0.451 e. The predicted molar refractivity (Wildman–Crippen MR) is 68.0 cm³/mol. The minimum Gasteiger partial charge on any atom is -0.373 e. The zero-order chi connectivity index (χ0) is 13.8. The van der Waals surface area contributed by atoms with Crippen molar-refractivity contribution in [3.05, 3.63) is 11.9 Å². The van der Waals surface area contributed by atoms with Gasteiger partial charge in [0.25, 0.3) is 0 Å². The number of anilines is 2. The van der Waals surface area contributed by atoms with E-state index >= 15 is 0 Å². The largest absolute Gasteiger partial charge is 0.451 e. The Morgan fingerprint density at radius 1 is 1.33 bits per heavy atom. The molecule has 1 aromatic rings. The van der Waals surface area contributed by atoms with Gasteiger partial charge >= 0.3 is 6.18 Å². The van der Waals surface area contributed by atoms with Gasteiger partial charge in [0.2, 0.25) is 5.82 Å². The van der Waals surface area contributed by atoms with E-state index in [0.717, 1.165) is 5.75 Å². The molecule has 0 fully saturated rings. The van der Waals surface area contributed by atoms with Crippen molar-refractivity contribution in [2.75, 3.05) is 29.7 Å². The Hall–Kier alpha value is -1.18. The van der Waals surface area contributed by atoms with Crippen molar-refractivity contribution in [1.29, 1.82) is 0 Å². The van der Waals surface area contributed by atoms with Gasteiger partial charge in [-0.05, 0) is 13.2 Å². The summed E-state index contributed by atoms with van der Waals surface area (Å²) >= 11 is 1.60. The van der Waals surface area contributed by atoms with Gasteiger partial charge in [-0.1, -0.05) is 0 Å². The Morgan fingerprint density at radius 2 is 1.94 bits per heavy atom. The molecule has 0 aliphatic heterocycles. The molecule has 0 saturated heterocycles. The van der Waals surface area contributed by atoms with Gasteiger partial charge in [0.05, 0.1) is 0 Å². The molecule has 102 valence electrons. The number of nitrogens with one attached hydrogen (secondary N) is 2.